The Bertz CT molecular complexity index is 522. The van der Waals surface area contributed by atoms with E-state index in [1.807, 2.05) is 42.8 Å². The second kappa shape index (κ2) is 9.52. The third-order valence-corrected chi connectivity index (χ3v) is 4.69. The standard InChI is InChI=1S/C15H20N2O2S2/c1-5-19-14(18)13(15(20-3)21-4)11(2)16-17-12-9-7-6-8-10-12/h6-10,17H,5H2,1-4H3/b16-11+. The van der Waals surface area contributed by atoms with Crippen molar-refractivity contribution in [2.45, 2.75) is 13.8 Å². The minimum absolute atomic E-state index is 0.340. The van der Waals surface area contributed by atoms with Crippen LogP contribution in [-0.2, 0) is 9.53 Å². The predicted octanol–water partition coefficient (Wildman–Crippen LogP) is 3.98. The maximum Gasteiger partial charge on any atom is 0.341 e. The zero-order valence-corrected chi connectivity index (χ0v) is 14.3. The molecular formula is C15H20N2O2S2. The first-order valence-corrected chi connectivity index (χ1v) is 8.94. The molecule has 0 atom stereocenters. The SMILES string of the molecule is CCOC(=O)C(=C(SC)SC)/C(C)=N/Nc1ccccc1. The van der Waals surface area contributed by atoms with Crippen molar-refractivity contribution in [2.24, 2.45) is 5.10 Å². The van der Waals surface area contributed by atoms with E-state index in [1.54, 1.807) is 13.8 Å². The number of carbonyl (C=O) groups is 1. The molecule has 0 heterocycles. The highest BCUT2D eigenvalue weighted by Gasteiger charge is 2.19. The molecule has 21 heavy (non-hydrogen) atoms. The van der Waals surface area contributed by atoms with E-state index >= 15 is 0 Å². The molecule has 6 heteroatoms. The molecule has 4 nitrogen and oxygen atoms in total. The maximum absolute atomic E-state index is 12.1. The van der Waals surface area contributed by atoms with Crippen LogP contribution in [0.4, 0.5) is 5.69 Å². The summed E-state index contributed by atoms with van der Waals surface area (Å²) >= 11 is 3.03. The van der Waals surface area contributed by atoms with Crippen LogP contribution in [0.15, 0.2) is 45.2 Å². The summed E-state index contributed by atoms with van der Waals surface area (Å²) < 4.78 is 6.02. The number of nitrogens with zero attached hydrogens (tertiary/aromatic N) is 1. The Hall–Kier alpha value is -1.40. The van der Waals surface area contributed by atoms with Crippen LogP contribution in [-0.4, -0.2) is 30.8 Å². The van der Waals surface area contributed by atoms with Gasteiger partial charge in [0.05, 0.1) is 22.2 Å². The molecule has 114 valence electrons. The first-order chi connectivity index (χ1) is 10.1. The van der Waals surface area contributed by atoms with Crippen LogP contribution in [0.3, 0.4) is 0 Å². The largest absolute Gasteiger partial charge is 0.462 e. The summed E-state index contributed by atoms with van der Waals surface area (Å²) in [7, 11) is 0. The minimum atomic E-state index is -0.340. The Morgan fingerprint density at radius 1 is 1.24 bits per heavy atom. The summed E-state index contributed by atoms with van der Waals surface area (Å²) in [6, 6.07) is 9.60. The van der Waals surface area contributed by atoms with E-state index < -0.39 is 0 Å². The predicted molar refractivity (Wildman–Crippen MR) is 93.9 cm³/mol. The highest BCUT2D eigenvalue weighted by atomic mass is 32.2. The summed E-state index contributed by atoms with van der Waals surface area (Å²) in [4.78, 5) is 12.1. The number of hydrazone groups is 1. The smallest absolute Gasteiger partial charge is 0.341 e. The topological polar surface area (TPSA) is 50.7 Å². The van der Waals surface area contributed by atoms with Crippen molar-refractivity contribution in [1.29, 1.82) is 0 Å². The lowest BCUT2D eigenvalue weighted by molar-refractivity contribution is -0.137. The molecule has 0 fully saturated rings. The number of ether oxygens (including phenoxy) is 1. The number of rotatable bonds is 7. The van der Waals surface area contributed by atoms with E-state index in [1.165, 1.54) is 23.5 Å². The molecule has 1 aromatic rings. The van der Waals surface area contributed by atoms with Crippen molar-refractivity contribution >= 4 is 40.9 Å². The van der Waals surface area contributed by atoms with Crippen LogP contribution in [0.5, 0.6) is 0 Å². The molecule has 0 unspecified atom stereocenters. The first kappa shape index (κ1) is 17.7. The van der Waals surface area contributed by atoms with E-state index in [-0.39, 0.29) is 5.97 Å². The second-order valence-corrected chi connectivity index (χ2v) is 5.86. The molecule has 0 spiro atoms. The number of esters is 1. The Morgan fingerprint density at radius 2 is 1.86 bits per heavy atom. The van der Waals surface area contributed by atoms with Gasteiger partial charge >= 0.3 is 5.97 Å². The van der Waals surface area contributed by atoms with E-state index in [0.29, 0.717) is 17.9 Å². The van der Waals surface area contributed by atoms with Crippen molar-refractivity contribution in [3.05, 3.63) is 40.1 Å². The van der Waals surface area contributed by atoms with Crippen LogP contribution in [0.25, 0.3) is 0 Å². The summed E-state index contributed by atoms with van der Waals surface area (Å²) in [5.41, 5.74) is 4.94. The molecule has 1 rings (SSSR count). The molecule has 1 N–H and O–H groups in total. The summed E-state index contributed by atoms with van der Waals surface area (Å²) in [5, 5.41) is 4.30. The molecule has 0 aliphatic heterocycles. The number of carbonyl (C=O) groups excluding carboxylic acids is 1. The quantitative estimate of drug-likeness (QED) is 0.356. The Balaban J connectivity index is 3.02. The molecule has 0 amide bonds. The van der Waals surface area contributed by atoms with Crippen molar-refractivity contribution in [3.8, 4) is 0 Å². The number of hydrogen-bond acceptors (Lipinski definition) is 6. The highest BCUT2D eigenvalue weighted by Crippen LogP contribution is 2.29. The zero-order chi connectivity index (χ0) is 15.7. The van der Waals surface area contributed by atoms with Crippen molar-refractivity contribution < 1.29 is 9.53 Å². The van der Waals surface area contributed by atoms with Crippen LogP contribution < -0.4 is 5.43 Å². The molecule has 0 radical (unpaired) electrons. The summed E-state index contributed by atoms with van der Waals surface area (Å²) in [5.74, 6) is -0.340. The average molecular weight is 324 g/mol. The number of hydrogen-bond donors (Lipinski definition) is 1. The number of thioether (sulfide) groups is 2. The lowest BCUT2D eigenvalue weighted by atomic mass is 10.2. The molecule has 0 bridgehead atoms. The van der Waals surface area contributed by atoms with E-state index in [0.717, 1.165) is 9.92 Å². The fourth-order valence-corrected chi connectivity index (χ4v) is 3.12. The van der Waals surface area contributed by atoms with Crippen LogP contribution >= 0.6 is 23.5 Å². The van der Waals surface area contributed by atoms with Gasteiger partial charge in [0.25, 0.3) is 0 Å². The molecule has 0 saturated heterocycles. The van der Waals surface area contributed by atoms with E-state index in [4.69, 9.17) is 4.74 Å². The van der Waals surface area contributed by atoms with Crippen LogP contribution in [0.2, 0.25) is 0 Å². The average Bonchev–Trinajstić information content (AvgIpc) is 2.51. The van der Waals surface area contributed by atoms with Gasteiger partial charge in [0.2, 0.25) is 0 Å². The third-order valence-electron chi connectivity index (χ3n) is 2.54. The number of nitrogens with one attached hydrogen (secondary N) is 1. The molecule has 0 aliphatic carbocycles. The van der Waals surface area contributed by atoms with Crippen molar-refractivity contribution in [2.75, 3.05) is 24.5 Å². The zero-order valence-electron chi connectivity index (χ0n) is 12.7. The van der Waals surface area contributed by atoms with Gasteiger partial charge in [-0.2, -0.15) is 5.10 Å². The number of benzene rings is 1. The molecule has 0 saturated carbocycles. The first-order valence-electron chi connectivity index (χ1n) is 6.49. The summed E-state index contributed by atoms with van der Waals surface area (Å²) in [6.07, 6.45) is 3.87. The lowest BCUT2D eigenvalue weighted by Gasteiger charge is -2.11. The van der Waals surface area contributed by atoms with Gasteiger partial charge in [-0.15, -0.1) is 23.5 Å². The van der Waals surface area contributed by atoms with Gasteiger partial charge in [0.1, 0.15) is 5.57 Å². The second-order valence-electron chi connectivity index (χ2n) is 3.97. The number of anilines is 1. The Morgan fingerprint density at radius 3 is 2.38 bits per heavy atom. The third kappa shape index (κ3) is 5.47. The minimum Gasteiger partial charge on any atom is -0.462 e. The normalized spacial score (nSPS) is 11.0. The van der Waals surface area contributed by atoms with Gasteiger partial charge in [0.15, 0.2) is 0 Å². The molecule has 0 aliphatic rings. The van der Waals surface area contributed by atoms with Gasteiger partial charge < -0.3 is 4.74 Å². The monoisotopic (exact) mass is 324 g/mol. The highest BCUT2D eigenvalue weighted by molar-refractivity contribution is 8.21. The van der Waals surface area contributed by atoms with Gasteiger partial charge in [-0.1, -0.05) is 18.2 Å². The van der Waals surface area contributed by atoms with E-state index in [2.05, 4.69) is 10.5 Å². The van der Waals surface area contributed by atoms with Crippen LogP contribution in [0, 0.1) is 0 Å². The van der Waals surface area contributed by atoms with Crippen molar-refractivity contribution in [3.63, 3.8) is 0 Å². The molecular weight excluding hydrogens is 304 g/mol. The number of para-hydroxylation sites is 1. The fraction of sp³-hybridized carbons (Fsp3) is 0.333. The fourth-order valence-electron chi connectivity index (χ4n) is 1.59. The van der Waals surface area contributed by atoms with Crippen molar-refractivity contribution in [1.82, 2.24) is 0 Å². The Kier molecular flexibility index (Phi) is 8.00. The molecule has 0 aromatic heterocycles. The van der Waals surface area contributed by atoms with E-state index in [9.17, 15) is 4.79 Å². The van der Waals surface area contributed by atoms with Crippen LogP contribution in [0.1, 0.15) is 13.8 Å². The lowest BCUT2D eigenvalue weighted by Crippen LogP contribution is -2.16. The maximum atomic E-state index is 12.1. The molecule has 1 aromatic carbocycles. The van der Waals surface area contributed by atoms with Gasteiger partial charge in [-0.05, 0) is 38.5 Å². The van der Waals surface area contributed by atoms with Gasteiger partial charge in [-0.3, -0.25) is 5.43 Å². The summed E-state index contributed by atoms with van der Waals surface area (Å²) in [6.45, 7) is 3.94. The van der Waals surface area contributed by atoms with Gasteiger partial charge in [-0.25, -0.2) is 4.79 Å². The Labute approximate surface area is 134 Å². The van der Waals surface area contributed by atoms with Gasteiger partial charge in [0, 0.05) is 0 Å².